The lowest BCUT2D eigenvalue weighted by atomic mass is 9.95. The molecule has 0 aliphatic heterocycles. The Balaban J connectivity index is 1.57. The number of hydrogen-bond acceptors (Lipinski definition) is 3. The number of nitrogens with one attached hydrogen (secondary N) is 1. The van der Waals surface area contributed by atoms with Crippen molar-refractivity contribution < 1.29 is 17.6 Å². The fourth-order valence-electron chi connectivity index (χ4n) is 4.45. The number of carbonyl (C=O) groups excluding carboxylic acids is 1. The van der Waals surface area contributed by atoms with Crippen molar-refractivity contribution in [2.75, 3.05) is 10.8 Å². The molecule has 0 spiro atoms. The summed E-state index contributed by atoms with van der Waals surface area (Å²) in [5.74, 6) is 0.364. The number of amides is 1. The smallest absolute Gasteiger partial charge is 0.264 e. The molecular formula is C21H23FN2O3S. The summed E-state index contributed by atoms with van der Waals surface area (Å²) in [6.07, 6.45) is 4.49. The van der Waals surface area contributed by atoms with Crippen LogP contribution in [-0.4, -0.2) is 26.9 Å². The summed E-state index contributed by atoms with van der Waals surface area (Å²) in [4.78, 5) is 12.7. The first-order chi connectivity index (χ1) is 13.4. The fourth-order valence-corrected chi connectivity index (χ4v) is 5.87. The third kappa shape index (κ3) is 3.76. The molecule has 2 aromatic carbocycles. The molecule has 2 aliphatic rings. The molecule has 2 saturated carbocycles. The molecule has 4 rings (SSSR count). The maximum absolute atomic E-state index is 13.2. The van der Waals surface area contributed by atoms with Crippen molar-refractivity contribution in [3.63, 3.8) is 0 Å². The third-order valence-electron chi connectivity index (χ3n) is 5.82. The lowest BCUT2D eigenvalue weighted by Crippen LogP contribution is -2.45. The van der Waals surface area contributed by atoms with Gasteiger partial charge in [-0.25, -0.2) is 12.8 Å². The van der Waals surface area contributed by atoms with E-state index < -0.39 is 15.8 Å². The lowest BCUT2D eigenvalue weighted by Gasteiger charge is -2.27. The van der Waals surface area contributed by atoms with Gasteiger partial charge in [-0.15, -0.1) is 0 Å². The number of carbonyl (C=O) groups is 1. The second-order valence-corrected chi connectivity index (χ2v) is 9.51. The molecule has 2 bridgehead atoms. The van der Waals surface area contributed by atoms with Crippen molar-refractivity contribution in [2.24, 2.45) is 11.8 Å². The SMILES string of the molecule is O=C(CN(c1ccccc1)S(=O)(=O)c1ccc(F)cc1)N[C@H]1C[C@@H]2CC[C@@H]1C2. The number of benzene rings is 2. The molecule has 1 amide bonds. The van der Waals surface area contributed by atoms with Gasteiger partial charge in [-0.2, -0.15) is 0 Å². The van der Waals surface area contributed by atoms with E-state index in [2.05, 4.69) is 5.32 Å². The Morgan fingerprint density at radius 1 is 1.04 bits per heavy atom. The van der Waals surface area contributed by atoms with E-state index in [-0.39, 0.29) is 23.4 Å². The standard InChI is InChI=1S/C21H23FN2O3S/c22-17-8-10-19(11-9-17)28(26,27)24(18-4-2-1-3-5-18)14-21(25)23-20-13-15-6-7-16(20)12-15/h1-5,8-11,15-16,20H,6-7,12-14H2,(H,23,25)/t15-,16-,20+/m1/s1. The number of anilines is 1. The maximum atomic E-state index is 13.2. The van der Waals surface area contributed by atoms with E-state index in [4.69, 9.17) is 0 Å². The second kappa shape index (κ2) is 7.54. The van der Waals surface area contributed by atoms with Crippen LogP contribution in [0.2, 0.25) is 0 Å². The molecule has 0 heterocycles. The largest absolute Gasteiger partial charge is 0.352 e. The summed E-state index contributed by atoms with van der Waals surface area (Å²) in [5, 5.41) is 3.04. The Labute approximate surface area is 164 Å². The molecule has 0 unspecified atom stereocenters. The Kier molecular flexibility index (Phi) is 5.10. The van der Waals surface area contributed by atoms with Crippen LogP contribution in [0.5, 0.6) is 0 Å². The van der Waals surface area contributed by atoms with Gasteiger partial charge in [0, 0.05) is 6.04 Å². The number of hydrogen-bond donors (Lipinski definition) is 1. The average Bonchev–Trinajstić information content (AvgIpc) is 3.30. The average molecular weight is 402 g/mol. The molecule has 2 fully saturated rings. The van der Waals surface area contributed by atoms with Gasteiger partial charge >= 0.3 is 0 Å². The van der Waals surface area contributed by atoms with Crippen LogP contribution in [0.15, 0.2) is 59.5 Å². The molecule has 2 aliphatic carbocycles. The van der Waals surface area contributed by atoms with E-state index in [9.17, 15) is 17.6 Å². The van der Waals surface area contributed by atoms with Crippen LogP contribution in [-0.2, 0) is 14.8 Å². The van der Waals surface area contributed by atoms with Crippen molar-refractivity contribution in [1.29, 1.82) is 0 Å². The van der Waals surface area contributed by atoms with Crippen molar-refractivity contribution in [1.82, 2.24) is 5.32 Å². The summed E-state index contributed by atoms with van der Waals surface area (Å²) < 4.78 is 40.7. The van der Waals surface area contributed by atoms with Gasteiger partial charge in [-0.3, -0.25) is 9.10 Å². The monoisotopic (exact) mass is 402 g/mol. The molecule has 2 aromatic rings. The first kappa shape index (κ1) is 18.9. The van der Waals surface area contributed by atoms with E-state index in [1.807, 2.05) is 0 Å². The van der Waals surface area contributed by atoms with Crippen molar-refractivity contribution in [3.05, 3.63) is 60.4 Å². The van der Waals surface area contributed by atoms with Gasteiger partial charge in [-0.1, -0.05) is 24.6 Å². The minimum absolute atomic E-state index is 0.0505. The van der Waals surface area contributed by atoms with Gasteiger partial charge < -0.3 is 5.32 Å². The summed E-state index contributed by atoms with van der Waals surface area (Å²) in [6.45, 7) is -0.308. The topological polar surface area (TPSA) is 66.5 Å². The van der Waals surface area contributed by atoms with E-state index in [1.165, 1.54) is 18.6 Å². The zero-order valence-electron chi connectivity index (χ0n) is 15.4. The maximum Gasteiger partial charge on any atom is 0.264 e. The highest BCUT2D eigenvalue weighted by Crippen LogP contribution is 2.44. The highest BCUT2D eigenvalue weighted by atomic mass is 32.2. The van der Waals surface area contributed by atoms with Gasteiger partial charge in [0.05, 0.1) is 10.6 Å². The lowest BCUT2D eigenvalue weighted by molar-refractivity contribution is -0.120. The van der Waals surface area contributed by atoms with Crippen molar-refractivity contribution >= 4 is 21.6 Å². The van der Waals surface area contributed by atoms with Crippen LogP contribution in [0, 0.1) is 17.7 Å². The molecule has 3 atom stereocenters. The van der Waals surface area contributed by atoms with Gasteiger partial charge in [-0.05, 0) is 67.5 Å². The molecule has 7 heteroatoms. The molecule has 148 valence electrons. The van der Waals surface area contributed by atoms with E-state index in [0.717, 1.165) is 35.7 Å². The summed E-state index contributed by atoms with van der Waals surface area (Å²) >= 11 is 0. The predicted octanol–water partition coefficient (Wildman–Crippen LogP) is 3.33. The highest BCUT2D eigenvalue weighted by molar-refractivity contribution is 7.92. The summed E-state index contributed by atoms with van der Waals surface area (Å²) in [7, 11) is -4.00. The molecular weight excluding hydrogens is 379 g/mol. The molecule has 5 nitrogen and oxygen atoms in total. The Morgan fingerprint density at radius 2 is 1.75 bits per heavy atom. The van der Waals surface area contributed by atoms with Crippen LogP contribution in [0.1, 0.15) is 25.7 Å². The fraction of sp³-hybridized carbons (Fsp3) is 0.381. The van der Waals surface area contributed by atoms with Gasteiger partial charge in [0.25, 0.3) is 10.0 Å². The first-order valence-electron chi connectivity index (χ1n) is 9.56. The second-order valence-electron chi connectivity index (χ2n) is 7.65. The zero-order chi connectivity index (χ0) is 19.7. The van der Waals surface area contributed by atoms with Crippen LogP contribution in [0.25, 0.3) is 0 Å². The van der Waals surface area contributed by atoms with Crippen molar-refractivity contribution in [2.45, 2.75) is 36.6 Å². The Bertz CT molecular complexity index is 947. The van der Waals surface area contributed by atoms with Gasteiger partial charge in [0.15, 0.2) is 0 Å². The quantitative estimate of drug-likeness (QED) is 0.806. The van der Waals surface area contributed by atoms with Crippen LogP contribution in [0.3, 0.4) is 0 Å². The van der Waals surface area contributed by atoms with Crippen LogP contribution >= 0.6 is 0 Å². The van der Waals surface area contributed by atoms with E-state index >= 15 is 0 Å². The number of nitrogens with zero attached hydrogens (tertiary/aromatic N) is 1. The minimum Gasteiger partial charge on any atom is -0.352 e. The van der Waals surface area contributed by atoms with Gasteiger partial charge in [0.2, 0.25) is 5.91 Å². The predicted molar refractivity (Wildman–Crippen MR) is 105 cm³/mol. The number of fused-ring (bicyclic) bond motifs is 2. The summed E-state index contributed by atoms with van der Waals surface area (Å²) in [5.41, 5.74) is 0.398. The molecule has 0 aromatic heterocycles. The normalized spacial score (nSPS) is 23.5. The minimum atomic E-state index is -4.00. The first-order valence-corrected chi connectivity index (χ1v) is 11.0. The molecule has 1 N–H and O–H groups in total. The highest BCUT2D eigenvalue weighted by Gasteiger charge is 2.40. The van der Waals surface area contributed by atoms with Crippen molar-refractivity contribution in [3.8, 4) is 0 Å². The Hall–Kier alpha value is -2.41. The van der Waals surface area contributed by atoms with E-state index in [0.29, 0.717) is 17.5 Å². The van der Waals surface area contributed by atoms with Crippen LogP contribution < -0.4 is 9.62 Å². The molecule has 0 radical (unpaired) electrons. The molecule has 28 heavy (non-hydrogen) atoms. The number of halogens is 1. The molecule has 0 saturated heterocycles. The number of rotatable bonds is 6. The third-order valence-corrected chi connectivity index (χ3v) is 7.61. The van der Waals surface area contributed by atoms with Gasteiger partial charge in [0.1, 0.15) is 12.4 Å². The Morgan fingerprint density at radius 3 is 2.36 bits per heavy atom. The summed E-state index contributed by atoms with van der Waals surface area (Å²) in [6, 6.07) is 13.3. The van der Waals surface area contributed by atoms with E-state index in [1.54, 1.807) is 30.3 Å². The van der Waals surface area contributed by atoms with Crippen LogP contribution in [0.4, 0.5) is 10.1 Å². The number of para-hydroxylation sites is 1. The number of sulfonamides is 1. The zero-order valence-corrected chi connectivity index (χ0v) is 16.2.